The van der Waals surface area contributed by atoms with E-state index in [2.05, 4.69) is 5.32 Å². The second-order valence-corrected chi connectivity index (χ2v) is 4.98. The minimum Gasteiger partial charge on any atom is -0.387 e. The van der Waals surface area contributed by atoms with Crippen molar-refractivity contribution in [3.05, 3.63) is 78.1 Å². The van der Waals surface area contributed by atoms with Crippen molar-refractivity contribution < 1.29 is 9.50 Å². The number of rotatable bonds is 4. The largest absolute Gasteiger partial charge is 0.387 e. The zero-order valence-corrected chi connectivity index (χ0v) is 11.5. The van der Waals surface area contributed by atoms with E-state index in [-0.39, 0.29) is 12.4 Å². The fourth-order valence-electron chi connectivity index (χ4n) is 2.34. The molecule has 0 fully saturated rings. The van der Waals surface area contributed by atoms with E-state index >= 15 is 0 Å². The Morgan fingerprint density at radius 1 is 0.905 bits per heavy atom. The van der Waals surface area contributed by atoms with E-state index in [1.807, 2.05) is 42.5 Å². The fourth-order valence-corrected chi connectivity index (χ4v) is 2.34. The standard InChI is InChI=1S/C18H16FNO/c19-16-7-3-4-8-17(16)20-12-18(21)15-10-9-13-5-1-2-6-14(13)11-15/h1-11,18,20-21H,12H2. The molecule has 0 saturated carbocycles. The summed E-state index contributed by atoms with van der Waals surface area (Å²) in [5, 5.41) is 15.4. The quantitative estimate of drug-likeness (QED) is 0.754. The van der Waals surface area contributed by atoms with Crippen LogP contribution in [0.15, 0.2) is 66.7 Å². The predicted molar refractivity (Wildman–Crippen MR) is 83.8 cm³/mol. The van der Waals surface area contributed by atoms with Crippen molar-refractivity contribution in [1.82, 2.24) is 0 Å². The number of halogens is 1. The summed E-state index contributed by atoms with van der Waals surface area (Å²) in [5.41, 5.74) is 1.22. The van der Waals surface area contributed by atoms with Gasteiger partial charge in [0.25, 0.3) is 0 Å². The van der Waals surface area contributed by atoms with Crippen LogP contribution in [0.2, 0.25) is 0 Å². The molecule has 3 aromatic carbocycles. The number of nitrogens with one attached hydrogen (secondary N) is 1. The van der Waals surface area contributed by atoms with Crippen molar-refractivity contribution in [2.45, 2.75) is 6.10 Å². The molecule has 0 bridgehead atoms. The molecular weight excluding hydrogens is 265 g/mol. The first kappa shape index (κ1) is 13.6. The van der Waals surface area contributed by atoms with Crippen LogP contribution in [0, 0.1) is 5.82 Å². The summed E-state index contributed by atoms with van der Waals surface area (Å²) in [6.07, 6.45) is -0.686. The summed E-state index contributed by atoms with van der Waals surface area (Å²) >= 11 is 0. The fraction of sp³-hybridized carbons (Fsp3) is 0.111. The molecule has 0 aliphatic rings. The molecule has 0 aliphatic carbocycles. The van der Waals surface area contributed by atoms with Crippen LogP contribution in [0.25, 0.3) is 10.8 Å². The van der Waals surface area contributed by atoms with Crippen molar-refractivity contribution in [3.8, 4) is 0 Å². The van der Waals surface area contributed by atoms with Gasteiger partial charge >= 0.3 is 0 Å². The second-order valence-electron chi connectivity index (χ2n) is 4.98. The Labute approximate surface area is 122 Å². The minimum absolute atomic E-state index is 0.263. The maximum Gasteiger partial charge on any atom is 0.146 e. The van der Waals surface area contributed by atoms with Crippen LogP contribution in [0.5, 0.6) is 0 Å². The lowest BCUT2D eigenvalue weighted by Crippen LogP contribution is -2.12. The van der Waals surface area contributed by atoms with Gasteiger partial charge in [-0.25, -0.2) is 4.39 Å². The molecule has 106 valence electrons. The highest BCUT2D eigenvalue weighted by Crippen LogP contribution is 2.21. The summed E-state index contributed by atoms with van der Waals surface area (Å²) in [7, 11) is 0. The van der Waals surface area contributed by atoms with Crippen molar-refractivity contribution in [1.29, 1.82) is 0 Å². The van der Waals surface area contributed by atoms with E-state index in [0.717, 1.165) is 16.3 Å². The number of para-hydroxylation sites is 1. The summed E-state index contributed by atoms with van der Waals surface area (Å²) in [5.74, 6) is -0.316. The van der Waals surface area contributed by atoms with Crippen molar-refractivity contribution in [2.75, 3.05) is 11.9 Å². The van der Waals surface area contributed by atoms with Crippen LogP contribution < -0.4 is 5.32 Å². The molecule has 2 N–H and O–H groups in total. The van der Waals surface area contributed by atoms with Gasteiger partial charge in [0.2, 0.25) is 0 Å². The average molecular weight is 281 g/mol. The minimum atomic E-state index is -0.686. The molecule has 0 aromatic heterocycles. The number of benzene rings is 3. The predicted octanol–water partition coefficient (Wildman–Crippen LogP) is 4.12. The molecule has 0 heterocycles. The molecule has 3 aromatic rings. The Hall–Kier alpha value is -2.39. The van der Waals surface area contributed by atoms with Crippen LogP contribution in [-0.4, -0.2) is 11.7 Å². The molecule has 0 amide bonds. The van der Waals surface area contributed by atoms with Crippen LogP contribution >= 0.6 is 0 Å². The molecule has 1 unspecified atom stereocenters. The normalized spacial score (nSPS) is 12.3. The molecular formula is C18H16FNO. The first-order chi connectivity index (χ1) is 10.2. The number of aliphatic hydroxyl groups excluding tert-OH is 1. The van der Waals surface area contributed by atoms with Crippen molar-refractivity contribution >= 4 is 16.5 Å². The van der Waals surface area contributed by atoms with Gasteiger partial charge < -0.3 is 10.4 Å². The van der Waals surface area contributed by atoms with Gasteiger partial charge in [-0.1, -0.05) is 48.5 Å². The molecule has 3 rings (SSSR count). The summed E-state index contributed by atoms with van der Waals surface area (Å²) in [6, 6.07) is 20.3. The molecule has 21 heavy (non-hydrogen) atoms. The lowest BCUT2D eigenvalue weighted by molar-refractivity contribution is 0.191. The second kappa shape index (κ2) is 5.94. The maximum atomic E-state index is 13.5. The Bertz CT molecular complexity index is 757. The Balaban J connectivity index is 1.75. The number of fused-ring (bicyclic) bond motifs is 1. The lowest BCUT2D eigenvalue weighted by Gasteiger charge is -2.14. The monoisotopic (exact) mass is 281 g/mol. The zero-order chi connectivity index (χ0) is 14.7. The first-order valence-corrected chi connectivity index (χ1v) is 6.89. The third kappa shape index (κ3) is 3.03. The Morgan fingerprint density at radius 3 is 2.43 bits per heavy atom. The first-order valence-electron chi connectivity index (χ1n) is 6.89. The third-order valence-electron chi connectivity index (χ3n) is 3.52. The molecule has 2 nitrogen and oxygen atoms in total. The number of aliphatic hydroxyl groups is 1. The molecule has 0 radical (unpaired) electrons. The number of anilines is 1. The van der Waals surface area contributed by atoms with E-state index in [0.29, 0.717) is 5.69 Å². The van der Waals surface area contributed by atoms with Gasteiger partial charge in [0, 0.05) is 6.54 Å². The molecule has 3 heteroatoms. The van der Waals surface area contributed by atoms with Crippen LogP contribution in [0.1, 0.15) is 11.7 Å². The number of hydrogen-bond acceptors (Lipinski definition) is 2. The van der Waals surface area contributed by atoms with E-state index in [9.17, 15) is 9.50 Å². The third-order valence-corrected chi connectivity index (χ3v) is 3.52. The van der Waals surface area contributed by atoms with E-state index in [1.54, 1.807) is 18.2 Å². The van der Waals surface area contributed by atoms with Gasteiger partial charge in [-0.3, -0.25) is 0 Å². The molecule has 0 spiro atoms. The molecule has 0 aliphatic heterocycles. The van der Waals surface area contributed by atoms with Gasteiger partial charge in [0.15, 0.2) is 0 Å². The van der Waals surface area contributed by atoms with Crippen molar-refractivity contribution in [2.24, 2.45) is 0 Å². The van der Waals surface area contributed by atoms with Gasteiger partial charge in [-0.15, -0.1) is 0 Å². The molecule has 0 saturated heterocycles. The highest BCUT2D eigenvalue weighted by Gasteiger charge is 2.09. The topological polar surface area (TPSA) is 32.3 Å². The SMILES string of the molecule is OC(CNc1ccccc1F)c1ccc2ccccc2c1. The molecule has 1 atom stereocenters. The smallest absolute Gasteiger partial charge is 0.146 e. The van der Waals surface area contributed by atoms with Crippen LogP contribution in [0.4, 0.5) is 10.1 Å². The lowest BCUT2D eigenvalue weighted by atomic mass is 10.0. The highest BCUT2D eigenvalue weighted by atomic mass is 19.1. The summed E-state index contributed by atoms with van der Waals surface area (Å²) in [6.45, 7) is 0.263. The van der Waals surface area contributed by atoms with Gasteiger partial charge in [-0.05, 0) is 34.5 Å². The Morgan fingerprint density at radius 2 is 1.62 bits per heavy atom. The van der Waals surface area contributed by atoms with E-state index in [4.69, 9.17) is 0 Å². The van der Waals surface area contributed by atoms with Crippen molar-refractivity contribution in [3.63, 3.8) is 0 Å². The summed E-state index contributed by atoms with van der Waals surface area (Å²) in [4.78, 5) is 0. The average Bonchev–Trinajstić information content (AvgIpc) is 2.53. The van der Waals surface area contributed by atoms with Gasteiger partial charge in [0.05, 0.1) is 11.8 Å². The maximum absolute atomic E-state index is 13.5. The van der Waals surface area contributed by atoms with Crippen LogP contribution in [-0.2, 0) is 0 Å². The van der Waals surface area contributed by atoms with Gasteiger partial charge in [0.1, 0.15) is 5.82 Å². The van der Waals surface area contributed by atoms with E-state index < -0.39 is 6.10 Å². The van der Waals surface area contributed by atoms with E-state index in [1.165, 1.54) is 6.07 Å². The van der Waals surface area contributed by atoms with Gasteiger partial charge in [-0.2, -0.15) is 0 Å². The van der Waals surface area contributed by atoms with Crippen LogP contribution in [0.3, 0.4) is 0 Å². The highest BCUT2D eigenvalue weighted by molar-refractivity contribution is 5.83. The number of hydrogen-bond donors (Lipinski definition) is 2. The zero-order valence-electron chi connectivity index (χ0n) is 11.5. The Kier molecular flexibility index (Phi) is 3.84. The summed E-state index contributed by atoms with van der Waals surface area (Å²) < 4.78 is 13.5.